The second-order valence-electron chi connectivity index (χ2n) is 8.30. The highest BCUT2D eigenvalue weighted by atomic mass is 19.1. The topological polar surface area (TPSA) is 73.6 Å². The molecule has 6 nitrogen and oxygen atoms in total. The fraction of sp³-hybridized carbons (Fsp3) is 0.385. The van der Waals surface area contributed by atoms with E-state index in [0.717, 1.165) is 41.2 Å². The smallest absolute Gasteiger partial charge is 0.303 e. The first-order valence-electron chi connectivity index (χ1n) is 11.2. The number of hydrogen-bond acceptors (Lipinski definition) is 4. The molecule has 1 heterocycles. The molecule has 1 N–H and O–H groups in total. The van der Waals surface area contributed by atoms with Gasteiger partial charge in [0.25, 0.3) is 0 Å². The molecule has 0 saturated carbocycles. The molecule has 2 aromatic carbocycles. The molecule has 0 aliphatic rings. The molecule has 0 aliphatic heterocycles. The normalized spacial score (nSPS) is 12.8. The van der Waals surface area contributed by atoms with Gasteiger partial charge in [0.05, 0.1) is 13.2 Å². The zero-order valence-electron chi connectivity index (χ0n) is 19.3. The molecule has 7 heteroatoms. The lowest BCUT2D eigenvalue weighted by Gasteiger charge is -2.16. The number of rotatable bonds is 12. The van der Waals surface area contributed by atoms with Crippen molar-refractivity contribution in [3.05, 3.63) is 66.0 Å². The molecule has 0 amide bonds. The van der Waals surface area contributed by atoms with Crippen LogP contribution in [0.3, 0.4) is 0 Å². The Morgan fingerprint density at radius 2 is 1.88 bits per heavy atom. The maximum absolute atomic E-state index is 13.1. The molecule has 1 unspecified atom stereocenters. The Balaban J connectivity index is 1.69. The number of ether oxygens (including phenoxy) is 2. The van der Waals surface area contributed by atoms with Gasteiger partial charge < -0.3 is 19.1 Å². The first-order chi connectivity index (χ1) is 15.8. The Hall–Kier alpha value is -3.35. The van der Waals surface area contributed by atoms with Gasteiger partial charge in [0.2, 0.25) is 6.36 Å². The van der Waals surface area contributed by atoms with Crippen molar-refractivity contribution in [3.8, 4) is 22.9 Å². The van der Waals surface area contributed by atoms with E-state index in [1.807, 2.05) is 56.4 Å². The highest BCUT2D eigenvalue weighted by molar-refractivity contribution is 5.66. The van der Waals surface area contributed by atoms with Crippen molar-refractivity contribution in [1.29, 1.82) is 0 Å². The standard InChI is InChI=1S/C26H31FN2O4/c1-18(15-25(30)31)7-6-14-32-24-9-5-4-8-22(24)17-29-19(2)16-28-26(29)21-10-12-23(13-11-21)33-20(3)27/h4-5,8-13,16,18,20H,6-7,14-15,17H2,1-3H3,(H,30,31)/t18-,20?/m1/s1. The molecule has 2 atom stereocenters. The van der Waals surface area contributed by atoms with Crippen molar-refractivity contribution in [2.75, 3.05) is 6.61 Å². The monoisotopic (exact) mass is 454 g/mol. The number of alkyl halides is 1. The molecule has 0 fully saturated rings. The van der Waals surface area contributed by atoms with E-state index in [4.69, 9.17) is 14.6 Å². The fourth-order valence-corrected chi connectivity index (χ4v) is 3.72. The molecule has 0 spiro atoms. The number of para-hydroxylation sites is 1. The first kappa shape index (κ1) is 24.3. The predicted octanol–water partition coefficient (Wildman–Crippen LogP) is 5.87. The number of carboxylic acid groups (broad SMARTS) is 1. The van der Waals surface area contributed by atoms with Gasteiger partial charge in [-0.25, -0.2) is 9.37 Å². The molecule has 0 aliphatic carbocycles. The Bertz CT molecular complexity index is 1050. The number of carbonyl (C=O) groups is 1. The van der Waals surface area contributed by atoms with Gasteiger partial charge in [-0.2, -0.15) is 0 Å². The lowest BCUT2D eigenvalue weighted by Crippen LogP contribution is -2.09. The Kier molecular flexibility index (Phi) is 8.46. The zero-order valence-corrected chi connectivity index (χ0v) is 19.3. The van der Waals surface area contributed by atoms with Crippen molar-refractivity contribution < 1.29 is 23.8 Å². The number of aryl methyl sites for hydroxylation is 1. The van der Waals surface area contributed by atoms with E-state index in [9.17, 15) is 9.18 Å². The summed E-state index contributed by atoms with van der Waals surface area (Å²) in [4.78, 5) is 15.4. The number of imidazole rings is 1. The number of nitrogens with zero attached hydrogens (tertiary/aromatic N) is 2. The SMILES string of the molecule is Cc1cnc(-c2ccc(OC(C)F)cc2)n1Cc1ccccc1OCCC[C@@H](C)CC(=O)O. The van der Waals surface area contributed by atoms with Crippen molar-refractivity contribution in [3.63, 3.8) is 0 Å². The lowest BCUT2D eigenvalue weighted by atomic mass is 10.0. The molecule has 3 aromatic rings. The zero-order chi connectivity index (χ0) is 23.8. The summed E-state index contributed by atoms with van der Waals surface area (Å²) in [5, 5.41) is 8.89. The summed E-state index contributed by atoms with van der Waals surface area (Å²) < 4.78 is 26.3. The molecule has 3 rings (SSSR count). The molecular weight excluding hydrogens is 423 g/mol. The van der Waals surface area contributed by atoms with E-state index >= 15 is 0 Å². The van der Waals surface area contributed by atoms with Crippen molar-refractivity contribution in [2.45, 2.75) is 52.9 Å². The van der Waals surface area contributed by atoms with E-state index in [1.165, 1.54) is 6.92 Å². The third-order valence-corrected chi connectivity index (χ3v) is 5.39. The number of hydrogen-bond donors (Lipinski definition) is 1. The highest BCUT2D eigenvalue weighted by Gasteiger charge is 2.13. The van der Waals surface area contributed by atoms with Gasteiger partial charge in [-0.1, -0.05) is 25.1 Å². The summed E-state index contributed by atoms with van der Waals surface area (Å²) in [7, 11) is 0. The minimum absolute atomic E-state index is 0.127. The van der Waals surface area contributed by atoms with E-state index in [0.29, 0.717) is 18.9 Å². The van der Waals surface area contributed by atoms with Crippen LogP contribution in [-0.2, 0) is 11.3 Å². The second kappa shape index (κ2) is 11.5. The summed E-state index contributed by atoms with van der Waals surface area (Å²) in [5.74, 6) is 1.45. The van der Waals surface area contributed by atoms with Crippen LogP contribution in [0.15, 0.2) is 54.7 Å². The van der Waals surface area contributed by atoms with Crippen molar-refractivity contribution >= 4 is 5.97 Å². The van der Waals surface area contributed by atoms with E-state index in [2.05, 4.69) is 9.55 Å². The van der Waals surface area contributed by atoms with Crippen LogP contribution < -0.4 is 9.47 Å². The van der Waals surface area contributed by atoms with Crippen LogP contribution in [0, 0.1) is 12.8 Å². The summed E-state index contributed by atoms with van der Waals surface area (Å²) in [6.07, 6.45) is 2.25. The van der Waals surface area contributed by atoms with E-state index < -0.39 is 12.3 Å². The molecule has 1 aromatic heterocycles. The van der Waals surface area contributed by atoms with Gasteiger partial charge in [-0.15, -0.1) is 0 Å². The molecule has 0 saturated heterocycles. The average Bonchev–Trinajstić information content (AvgIpc) is 3.12. The van der Waals surface area contributed by atoms with Gasteiger partial charge >= 0.3 is 5.97 Å². The molecular formula is C26H31FN2O4. The van der Waals surface area contributed by atoms with Crippen LogP contribution in [0.25, 0.3) is 11.4 Å². The molecule has 176 valence electrons. The van der Waals surface area contributed by atoms with E-state index in [-0.39, 0.29) is 12.3 Å². The summed E-state index contributed by atoms with van der Waals surface area (Å²) in [5.41, 5.74) is 2.96. The van der Waals surface area contributed by atoms with Gasteiger partial charge in [0.1, 0.15) is 17.3 Å². The number of carboxylic acids is 1. The Labute approximate surface area is 194 Å². The quantitative estimate of drug-likeness (QED) is 0.347. The van der Waals surface area contributed by atoms with Crippen LogP contribution in [0.2, 0.25) is 0 Å². The highest BCUT2D eigenvalue weighted by Crippen LogP contribution is 2.27. The summed E-state index contributed by atoms with van der Waals surface area (Å²) in [6, 6.07) is 15.1. The summed E-state index contributed by atoms with van der Waals surface area (Å²) >= 11 is 0. The van der Waals surface area contributed by atoms with Gasteiger partial charge in [-0.05, 0) is 56.0 Å². The molecule has 0 radical (unpaired) electrons. The first-order valence-corrected chi connectivity index (χ1v) is 11.2. The van der Waals surface area contributed by atoms with Crippen molar-refractivity contribution in [1.82, 2.24) is 9.55 Å². The van der Waals surface area contributed by atoms with Gasteiger partial charge in [0.15, 0.2) is 0 Å². The minimum Gasteiger partial charge on any atom is -0.493 e. The number of aromatic nitrogens is 2. The van der Waals surface area contributed by atoms with Crippen LogP contribution in [0.1, 0.15) is 44.4 Å². The van der Waals surface area contributed by atoms with Crippen molar-refractivity contribution in [2.24, 2.45) is 5.92 Å². The second-order valence-corrected chi connectivity index (χ2v) is 8.30. The van der Waals surface area contributed by atoms with Crippen LogP contribution in [0.5, 0.6) is 11.5 Å². The number of halogens is 1. The minimum atomic E-state index is -1.36. The number of benzene rings is 2. The molecule has 33 heavy (non-hydrogen) atoms. The van der Waals surface area contributed by atoms with Crippen LogP contribution >= 0.6 is 0 Å². The Morgan fingerprint density at radius 1 is 1.15 bits per heavy atom. The largest absolute Gasteiger partial charge is 0.493 e. The van der Waals surface area contributed by atoms with Crippen LogP contribution in [0.4, 0.5) is 4.39 Å². The number of aliphatic carboxylic acids is 1. The van der Waals surface area contributed by atoms with Gasteiger partial charge in [0, 0.05) is 36.4 Å². The fourth-order valence-electron chi connectivity index (χ4n) is 3.72. The summed E-state index contributed by atoms with van der Waals surface area (Å²) in [6.45, 7) is 6.42. The maximum atomic E-state index is 13.1. The average molecular weight is 455 g/mol. The third kappa shape index (κ3) is 7.07. The Morgan fingerprint density at radius 3 is 2.58 bits per heavy atom. The van der Waals surface area contributed by atoms with E-state index in [1.54, 1.807) is 12.1 Å². The lowest BCUT2D eigenvalue weighted by molar-refractivity contribution is -0.138. The van der Waals surface area contributed by atoms with Gasteiger partial charge in [-0.3, -0.25) is 4.79 Å². The maximum Gasteiger partial charge on any atom is 0.303 e. The molecule has 0 bridgehead atoms. The van der Waals surface area contributed by atoms with Crippen LogP contribution in [-0.4, -0.2) is 33.6 Å². The third-order valence-electron chi connectivity index (χ3n) is 5.39. The predicted molar refractivity (Wildman–Crippen MR) is 125 cm³/mol.